The number of carbonyl (C=O) groups is 1. The molecule has 4 N–H and O–H groups in total. The number of amides is 1. The second-order valence-electron chi connectivity index (χ2n) is 4.73. The van der Waals surface area contributed by atoms with E-state index < -0.39 is 0 Å². The third-order valence-electron chi connectivity index (χ3n) is 3.37. The van der Waals surface area contributed by atoms with Gasteiger partial charge in [-0.2, -0.15) is 0 Å². The number of likely N-dealkylation sites (tertiary alicyclic amines) is 1. The van der Waals surface area contributed by atoms with Crippen LogP contribution in [-0.2, 0) is 11.3 Å². The van der Waals surface area contributed by atoms with Crippen molar-refractivity contribution >= 4 is 5.91 Å². The smallest absolute Gasteiger partial charge is 0.234 e. The zero-order valence-corrected chi connectivity index (χ0v) is 10.9. The van der Waals surface area contributed by atoms with Crippen LogP contribution in [0, 0.1) is 11.8 Å². The van der Waals surface area contributed by atoms with E-state index in [1.165, 1.54) is 5.56 Å². The number of hydrogen-bond donors (Lipinski definition) is 2. The number of carbonyl (C=O) groups excluding carboxylic acids is 1. The van der Waals surface area contributed by atoms with Gasteiger partial charge in [-0.05, 0) is 37.1 Å². The molecule has 0 radical (unpaired) electrons. The summed E-state index contributed by atoms with van der Waals surface area (Å²) in [6, 6.07) is 7.92. The minimum Gasteiger partial charge on any atom is -0.368 e. The summed E-state index contributed by atoms with van der Waals surface area (Å²) in [7, 11) is 0. The largest absolute Gasteiger partial charge is 0.368 e. The highest BCUT2D eigenvalue weighted by molar-refractivity contribution is 5.80. The minimum absolute atomic E-state index is 0.114. The molecule has 1 atom stereocenters. The van der Waals surface area contributed by atoms with Crippen LogP contribution in [-0.4, -0.2) is 29.9 Å². The number of hydrogen-bond acceptors (Lipinski definition) is 3. The first kappa shape index (κ1) is 13.6. The summed E-state index contributed by atoms with van der Waals surface area (Å²) < 4.78 is 0. The van der Waals surface area contributed by atoms with Crippen LogP contribution >= 0.6 is 0 Å². The van der Waals surface area contributed by atoms with Crippen LogP contribution in [0.15, 0.2) is 24.3 Å². The van der Waals surface area contributed by atoms with Crippen LogP contribution in [0.2, 0.25) is 0 Å². The van der Waals surface area contributed by atoms with Crippen molar-refractivity contribution in [1.82, 2.24) is 4.90 Å². The molecule has 1 heterocycles. The van der Waals surface area contributed by atoms with Gasteiger partial charge in [0.05, 0.1) is 12.6 Å². The third-order valence-corrected chi connectivity index (χ3v) is 3.37. The van der Waals surface area contributed by atoms with E-state index in [1.54, 1.807) is 0 Å². The molecule has 0 aliphatic carbocycles. The highest BCUT2D eigenvalue weighted by Gasteiger charge is 2.28. The van der Waals surface area contributed by atoms with Gasteiger partial charge >= 0.3 is 0 Å². The van der Waals surface area contributed by atoms with Crippen molar-refractivity contribution in [3.05, 3.63) is 35.4 Å². The lowest BCUT2D eigenvalue weighted by atomic mass is 10.1. The van der Waals surface area contributed by atoms with E-state index in [2.05, 4.69) is 16.7 Å². The number of benzene rings is 1. The van der Waals surface area contributed by atoms with Crippen LogP contribution in [0.1, 0.15) is 24.0 Å². The SMILES string of the molecule is NCC#Cc1ccc(CN2CCCC2C(N)=O)cc1. The van der Waals surface area contributed by atoms with Crippen LogP contribution in [0.4, 0.5) is 0 Å². The lowest BCUT2D eigenvalue weighted by Gasteiger charge is -2.21. The average molecular weight is 257 g/mol. The first-order valence-electron chi connectivity index (χ1n) is 6.52. The normalized spacial score (nSPS) is 18.9. The van der Waals surface area contributed by atoms with Crippen LogP contribution in [0.5, 0.6) is 0 Å². The van der Waals surface area contributed by atoms with Gasteiger partial charge in [-0.3, -0.25) is 9.69 Å². The summed E-state index contributed by atoms with van der Waals surface area (Å²) in [5.41, 5.74) is 12.9. The lowest BCUT2D eigenvalue weighted by molar-refractivity contribution is -0.122. The van der Waals surface area contributed by atoms with Crippen molar-refractivity contribution in [1.29, 1.82) is 0 Å². The summed E-state index contributed by atoms with van der Waals surface area (Å²) in [4.78, 5) is 13.5. The molecule has 0 spiro atoms. The summed E-state index contributed by atoms with van der Waals surface area (Å²) >= 11 is 0. The van der Waals surface area contributed by atoms with Gasteiger partial charge in [0, 0.05) is 12.1 Å². The first-order valence-corrected chi connectivity index (χ1v) is 6.52. The molecule has 1 amide bonds. The number of nitrogens with zero attached hydrogens (tertiary/aromatic N) is 1. The molecule has 1 aliphatic heterocycles. The first-order chi connectivity index (χ1) is 9.20. The van der Waals surface area contributed by atoms with Gasteiger partial charge in [0.25, 0.3) is 0 Å². The van der Waals surface area contributed by atoms with E-state index in [9.17, 15) is 4.79 Å². The summed E-state index contributed by atoms with van der Waals surface area (Å²) in [6.45, 7) is 2.07. The summed E-state index contributed by atoms with van der Waals surface area (Å²) in [5, 5.41) is 0. The van der Waals surface area contributed by atoms with Gasteiger partial charge < -0.3 is 11.5 Å². The second-order valence-corrected chi connectivity index (χ2v) is 4.73. The number of rotatable bonds is 3. The van der Waals surface area contributed by atoms with Crippen molar-refractivity contribution in [3.8, 4) is 11.8 Å². The highest BCUT2D eigenvalue weighted by atomic mass is 16.1. The average Bonchev–Trinajstić information content (AvgIpc) is 2.86. The van der Waals surface area contributed by atoms with E-state index in [0.717, 1.165) is 31.5 Å². The van der Waals surface area contributed by atoms with E-state index in [1.807, 2.05) is 24.3 Å². The van der Waals surface area contributed by atoms with E-state index in [4.69, 9.17) is 11.5 Å². The third kappa shape index (κ3) is 3.57. The summed E-state index contributed by atoms with van der Waals surface area (Å²) in [6.07, 6.45) is 1.91. The molecule has 1 aliphatic rings. The standard InChI is InChI=1S/C15H19N3O/c16-9-1-3-12-5-7-13(8-6-12)11-18-10-2-4-14(18)15(17)19/h5-8,14H,2,4,9-11,16H2,(H2,17,19). The van der Waals surface area contributed by atoms with Crippen molar-refractivity contribution < 1.29 is 4.79 Å². The van der Waals surface area contributed by atoms with Gasteiger partial charge in [-0.15, -0.1) is 0 Å². The molecule has 1 unspecified atom stereocenters. The van der Waals surface area contributed by atoms with Gasteiger partial charge in [0.15, 0.2) is 0 Å². The Hall–Kier alpha value is -1.83. The van der Waals surface area contributed by atoms with Crippen LogP contribution in [0.25, 0.3) is 0 Å². The number of nitrogens with two attached hydrogens (primary N) is 2. The molecule has 1 aromatic rings. The summed E-state index contributed by atoms with van der Waals surface area (Å²) in [5.74, 6) is 5.60. The maximum absolute atomic E-state index is 11.3. The Bertz CT molecular complexity index is 498. The molecule has 1 aromatic carbocycles. The van der Waals surface area contributed by atoms with E-state index in [0.29, 0.717) is 6.54 Å². The van der Waals surface area contributed by atoms with Crippen molar-refractivity contribution in [2.45, 2.75) is 25.4 Å². The van der Waals surface area contributed by atoms with Gasteiger partial charge in [0.1, 0.15) is 0 Å². The Kier molecular flexibility index (Phi) is 4.56. The Balaban J connectivity index is 2.01. The van der Waals surface area contributed by atoms with Crippen LogP contribution < -0.4 is 11.5 Å². The zero-order valence-electron chi connectivity index (χ0n) is 10.9. The highest BCUT2D eigenvalue weighted by Crippen LogP contribution is 2.19. The fraction of sp³-hybridized carbons (Fsp3) is 0.400. The molecule has 4 heteroatoms. The number of primary amides is 1. The molecule has 0 bridgehead atoms. The van der Waals surface area contributed by atoms with E-state index >= 15 is 0 Å². The molecule has 100 valence electrons. The molecular formula is C15H19N3O. The molecule has 19 heavy (non-hydrogen) atoms. The topological polar surface area (TPSA) is 72.3 Å². The predicted octanol–water partition coefficient (Wildman–Crippen LogP) is 0.447. The maximum atomic E-state index is 11.3. The van der Waals surface area contributed by atoms with Gasteiger partial charge in [-0.1, -0.05) is 24.0 Å². The fourth-order valence-electron chi connectivity index (χ4n) is 2.42. The molecule has 1 fully saturated rings. The lowest BCUT2D eigenvalue weighted by Crippen LogP contribution is -2.39. The van der Waals surface area contributed by atoms with E-state index in [-0.39, 0.29) is 11.9 Å². The zero-order chi connectivity index (χ0) is 13.7. The molecule has 4 nitrogen and oxygen atoms in total. The Morgan fingerprint density at radius 2 is 2.11 bits per heavy atom. The van der Waals surface area contributed by atoms with Gasteiger partial charge in [-0.25, -0.2) is 0 Å². The second kappa shape index (κ2) is 6.37. The van der Waals surface area contributed by atoms with Crippen molar-refractivity contribution in [2.75, 3.05) is 13.1 Å². The monoisotopic (exact) mass is 257 g/mol. The quantitative estimate of drug-likeness (QED) is 0.772. The Labute approximate surface area is 113 Å². The Morgan fingerprint density at radius 3 is 2.74 bits per heavy atom. The maximum Gasteiger partial charge on any atom is 0.234 e. The Morgan fingerprint density at radius 1 is 1.37 bits per heavy atom. The molecule has 0 saturated carbocycles. The van der Waals surface area contributed by atoms with Crippen LogP contribution in [0.3, 0.4) is 0 Å². The predicted molar refractivity (Wildman–Crippen MR) is 75.0 cm³/mol. The van der Waals surface area contributed by atoms with Gasteiger partial charge in [0.2, 0.25) is 5.91 Å². The molecule has 2 rings (SSSR count). The van der Waals surface area contributed by atoms with Crippen molar-refractivity contribution in [3.63, 3.8) is 0 Å². The molecule has 0 aromatic heterocycles. The molecular weight excluding hydrogens is 238 g/mol. The van der Waals surface area contributed by atoms with Crippen molar-refractivity contribution in [2.24, 2.45) is 11.5 Å². The molecule has 1 saturated heterocycles. The fourth-order valence-corrected chi connectivity index (χ4v) is 2.42. The minimum atomic E-state index is -0.220.